The zero-order chi connectivity index (χ0) is 21.6. The maximum Gasteiger partial charge on any atom is 0.347 e. The van der Waals surface area contributed by atoms with Crippen LogP contribution in [0.5, 0.6) is 11.5 Å². The second-order valence-corrected chi connectivity index (χ2v) is 9.71. The minimum Gasteiger partial charge on any atom is -0.454 e. The first-order chi connectivity index (χ1) is 14.9. The fraction of sp³-hybridized carbons (Fsp3) is 0.625. The van der Waals surface area contributed by atoms with Gasteiger partial charge in [0.1, 0.15) is 0 Å². The second kappa shape index (κ2) is 7.84. The Hall–Kier alpha value is -2.57. The molecule has 7 heteroatoms. The van der Waals surface area contributed by atoms with Crippen molar-refractivity contribution in [2.75, 3.05) is 13.4 Å². The summed E-state index contributed by atoms with van der Waals surface area (Å²) >= 11 is 0. The first-order valence-corrected chi connectivity index (χ1v) is 11.2. The van der Waals surface area contributed by atoms with E-state index in [-0.39, 0.29) is 24.6 Å². The Morgan fingerprint density at radius 1 is 1.10 bits per heavy atom. The lowest BCUT2D eigenvalue weighted by molar-refractivity contribution is -0.167. The summed E-state index contributed by atoms with van der Waals surface area (Å²) in [6.07, 6.45) is 5.98. The molecular formula is C24H29NO6. The quantitative estimate of drug-likeness (QED) is 0.373. The standard InChI is InChI=1S/C24H29NO6/c1-14(19-3-4-20-21(8-19)29-13-28-20)25-30-12-22(26)31-15(2)23(27)24-9-16-5-17(10-24)7-18(6-16)11-24/h3-4,8,15-18H,5-7,9-13H2,1-2H3/b25-14-/t15-,16?,17?,18?,24?/m0/s1. The lowest BCUT2D eigenvalue weighted by atomic mass is 9.48. The van der Waals surface area contributed by atoms with Crippen LogP contribution in [0.2, 0.25) is 0 Å². The van der Waals surface area contributed by atoms with E-state index in [2.05, 4.69) is 5.16 Å². The van der Waals surface area contributed by atoms with Gasteiger partial charge in [0.05, 0.1) is 5.71 Å². The van der Waals surface area contributed by atoms with Gasteiger partial charge in [0, 0.05) is 11.0 Å². The molecule has 5 aliphatic rings. The zero-order valence-corrected chi connectivity index (χ0v) is 18.1. The third-order valence-corrected chi connectivity index (χ3v) is 7.41. The number of carbonyl (C=O) groups is 2. The van der Waals surface area contributed by atoms with Crippen LogP contribution < -0.4 is 9.47 Å². The molecule has 4 bridgehead atoms. The maximum atomic E-state index is 13.2. The minimum absolute atomic E-state index is 0.0972. The zero-order valence-electron chi connectivity index (χ0n) is 18.1. The van der Waals surface area contributed by atoms with Crippen LogP contribution in [0.25, 0.3) is 0 Å². The number of ether oxygens (including phenoxy) is 3. The number of benzene rings is 1. The summed E-state index contributed by atoms with van der Waals surface area (Å²) in [5.41, 5.74) is 1.13. The summed E-state index contributed by atoms with van der Waals surface area (Å²) in [6, 6.07) is 5.47. The van der Waals surface area contributed by atoms with Crippen LogP contribution in [0, 0.1) is 23.2 Å². The largest absolute Gasteiger partial charge is 0.454 e. The summed E-state index contributed by atoms with van der Waals surface area (Å²) in [4.78, 5) is 30.7. The molecule has 0 aromatic heterocycles. The Morgan fingerprint density at radius 2 is 1.74 bits per heavy atom. The average molecular weight is 427 g/mol. The van der Waals surface area contributed by atoms with Crippen LogP contribution in [-0.4, -0.2) is 37.0 Å². The molecule has 4 saturated carbocycles. The van der Waals surface area contributed by atoms with Crippen molar-refractivity contribution in [1.29, 1.82) is 0 Å². The van der Waals surface area contributed by atoms with Gasteiger partial charge in [0.2, 0.25) is 13.4 Å². The van der Waals surface area contributed by atoms with Crippen molar-refractivity contribution in [1.82, 2.24) is 0 Å². The van der Waals surface area contributed by atoms with Gasteiger partial charge in [-0.15, -0.1) is 0 Å². The molecule has 0 saturated heterocycles. The molecule has 1 atom stereocenters. The normalized spacial score (nSPS) is 31.4. The SMILES string of the molecule is C/C(=N/OCC(=O)O[C@@H](C)C(=O)C12CC3CC(CC(C3)C1)C2)c1ccc2c(c1)OCO2. The topological polar surface area (TPSA) is 83.4 Å². The van der Waals surface area contributed by atoms with Crippen molar-refractivity contribution < 1.29 is 28.6 Å². The Morgan fingerprint density at radius 3 is 2.42 bits per heavy atom. The van der Waals surface area contributed by atoms with E-state index < -0.39 is 12.1 Å². The molecule has 0 spiro atoms. The van der Waals surface area contributed by atoms with Crippen LogP contribution in [0.15, 0.2) is 23.4 Å². The third kappa shape index (κ3) is 3.90. The Bertz CT molecular complexity index is 887. The predicted octanol–water partition coefficient (Wildman–Crippen LogP) is 3.87. The van der Waals surface area contributed by atoms with Gasteiger partial charge in [0.25, 0.3) is 0 Å². The molecule has 166 valence electrons. The van der Waals surface area contributed by atoms with Gasteiger partial charge in [0.15, 0.2) is 23.4 Å². The lowest BCUT2D eigenvalue weighted by Crippen LogP contribution is -2.52. The molecule has 1 aromatic carbocycles. The highest BCUT2D eigenvalue weighted by Crippen LogP contribution is 2.60. The van der Waals surface area contributed by atoms with Gasteiger partial charge in [-0.2, -0.15) is 0 Å². The van der Waals surface area contributed by atoms with Crippen LogP contribution >= 0.6 is 0 Å². The van der Waals surface area contributed by atoms with Crippen LogP contribution in [0.3, 0.4) is 0 Å². The minimum atomic E-state index is -0.744. The van der Waals surface area contributed by atoms with Crippen molar-refractivity contribution in [3.63, 3.8) is 0 Å². The molecule has 7 nitrogen and oxygen atoms in total. The van der Waals surface area contributed by atoms with Crippen LogP contribution in [-0.2, 0) is 19.2 Å². The summed E-state index contributed by atoms with van der Waals surface area (Å²) in [5, 5.41) is 4.00. The monoisotopic (exact) mass is 427 g/mol. The van der Waals surface area contributed by atoms with Gasteiger partial charge in [-0.3, -0.25) is 4.79 Å². The van der Waals surface area contributed by atoms with Crippen molar-refractivity contribution in [3.8, 4) is 11.5 Å². The van der Waals surface area contributed by atoms with Crippen molar-refractivity contribution >= 4 is 17.5 Å². The maximum absolute atomic E-state index is 13.2. The van der Waals surface area contributed by atoms with Crippen molar-refractivity contribution in [2.24, 2.45) is 28.3 Å². The van der Waals surface area contributed by atoms with E-state index in [0.29, 0.717) is 35.0 Å². The molecule has 0 radical (unpaired) electrons. The molecule has 0 N–H and O–H groups in total. The highest BCUT2D eigenvalue weighted by molar-refractivity contribution is 5.99. The highest BCUT2D eigenvalue weighted by atomic mass is 16.7. The first-order valence-electron chi connectivity index (χ1n) is 11.2. The van der Waals surface area contributed by atoms with Gasteiger partial charge < -0.3 is 19.0 Å². The number of oxime groups is 1. The molecule has 4 aliphatic carbocycles. The van der Waals surface area contributed by atoms with E-state index >= 15 is 0 Å². The Kier molecular flexibility index (Phi) is 5.15. The number of fused-ring (bicyclic) bond motifs is 1. The van der Waals surface area contributed by atoms with Crippen molar-refractivity contribution in [2.45, 2.75) is 58.5 Å². The van der Waals surface area contributed by atoms with Crippen molar-refractivity contribution in [3.05, 3.63) is 23.8 Å². The van der Waals surface area contributed by atoms with E-state index in [1.807, 2.05) is 18.2 Å². The molecule has 1 aliphatic heterocycles. The number of rotatable bonds is 7. The lowest BCUT2D eigenvalue weighted by Gasteiger charge is -2.56. The van der Waals surface area contributed by atoms with Gasteiger partial charge >= 0.3 is 5.97 Å². The van der Waals surface area contributed by atoms with E-state index in [1.54, 1.807) is 13.8 Å². The highest BCUT2D eigenvalue weighted by Gasteiger charge is 2.55. The summed E-state index contributed by atoms with van der Waals surface area (Å²) in [5.74, 6) is 2.90. The number of ketones is 1. The molecule has 4 fully saturated rings. The average Bonchev–Trinajstić information content (AvgIpc) is 3.20. The van der Waals surface area contributed by atoms with E-state index in [4.69, 9.17) is 19.0 Å². The number of esters is 1. The fourth-order valence-corrected chi connectivity index (χ4v) is 6.48. The number of carbonyl (C=O) groups excluding carboxylic acids is 2. The number of hydrogen-bond acceptors (Lipinski definition) is 7. The number of hydrogen-bond donors (Lipinski definition) is 0. The number of nitrogens with zero attached hydrogens (tertiary/aromatic N) is 1. The van der Waals surface area contributed by atoms with Crippen LogP contribution in [0.4, 0.5) is 0 Å². The van der Waals surface area contributed by atoms with Gasteiger partial charge in [-0.1, -0.05) is 5.16 Å². The van der Waals surface area contributed by atoms with E-state index in [1.165, 1.54) is 19.3 Å². The summed E-state index contributed by atoms with van der Waals surface area (Å²) in [6.45, 7) is 3.35. The predicted molar refractivity (Wildman–Crippen MR) is 112 cm³/mol. The summed E-state index contributed by atoms with van der Waals surface area (Å²) in [7, 11) is 0. The smallest absolute Gasteiger partial charge is 0.347 e. The Balaban J connectivity index is 1.14. The van der Waals surface area contributed by atoms with Gasteiger partial charge in [-0.25, -0.2) is 4.79 Å². The molecule has 1 heterocycles. The van der Waals surface area contributed by atoms with E-state index in [0.717, 1.165) is 24.8 Å². The molecule has 1 aromatic rings. The molecular weight excluding hydrogens is 398 g/mol. The number of Topliss-reactive ketones (excluding diaryl/α,β-unsaturated/α-hetero) is 1. The summed E-state index contributed by atoms with van der Waals surface area (Å²) < 4.78 is 16.1. The first kappa shape index (κ1) is 20.3. The molecule has 31 heavy (non-hydrogen) atoms. The second-order valence-electron chi connectivity index (χ2n) is 9.71. The Labute approximate surface area is 182 Å². The molecule has 6 rings (SSSR count). The molecule has 0 amide bonds. The molecule has 0 unspecified atom stereocenters. The fourth-order valence-electron chi connectivity index (χ4n) is 6.48. The van der Waals surface area contributed by atoms with Gasteiger partial charge in [-0.05, 0) is 88.3 Å². The third-order valence-electron chi connectivity index (χ3n) is 7.41. The van der Waals surface area contributed by atoms with E-state index in [9.17, 15) is 9.59 Å². The van der Waals surface area contributed by atoms with Crippen LogP contribution in [0.1, 0.15) is 57.9 Å².